The molecule has 4 N–H and O–H groups in total. The van der Waals surface area contributed by atoms with Gasteiger partial charge in [0.05, 0.1) is 17.6 Å². The molecule has 0 heterocycles. The third-order valence-electron chi connectivity index (χ3n) is 2.94. The molecule has 22 heavy (non-hydrogen) atoms. The van der Waals surface area contributed by atoms with E-state index in [4.69, 9.17) is 5.11 Å². The van der Waals surface area contributed by atoms with Gasteiger partial charge in [-0.3, -0.25) is 4.72 Å². The van der Waals surface area contributed by atoms with E-state index in [0.29, 0.717) is 11.4 Å². The van der Waals surface area contributed by atoms with Crippen LogP contribution in [0.3, 0.4) is 0 Å². The van der Waals surface area contributed by atoms with Gasteiger partial charge < -0.3 is 15.5 Å². The number of hydrogen-bond acceptors (Lipinski definition) is 5. The molecule has 0 bridgehead atoms. The van der Waals surface area contributed by atoms with Gasteiger partial charge in [-0.2, -0.15) is 0 Å². The molecule has 0 aliphatic rings. The molecule has 6 nitrogen and oxygen atoms in total. The first-order chi connectivity index (χ1) is 10.5. The highest BCUT2D eigenvalue weighted by molar-refractivity contribution is 7.92. The summed E-state index contributed by atoms with van der Waals surface area (Å²) in [6.07, 6.45) is -0.858. The molecular weight excluding hydrogens is 304 g/mol. The summed E-state index contributed by atoms with van der Waals surface area (Å²) >= 11 is 0. The van der Waals surface area contributed by atoms with Crippen LogP contribution in [0.2, 0.25) is 0 Å². The Bertz CT molecular complexity index is 687. The van der Waals surface area contributed by atoms with Crippen LogP contribution in [0, 0.1) is 0 Å². The van der Waals surface area contributed by atoms with Crippen molar-refractivity contribution in [2.24, 2.45) is 0 Å². The second kappa shape index (κ2) is 7.26. The van der Waals surface area contributed by atoms with Crippen LogP contribution in [-0.2, 0) is 10.0 Å². The van der Waals surface area contributed by atoms with E-state index in [1.807, 2.05) is 0 Å². The average Bonchev–Trinajstić information content (AvgIpc) is 2.53. The van der Waals surface area contributed by atoms with Crippen molar-refractivity contribution >= 4 is 21.4 Å². The number of aliphatic hydroxyl groups is 2. The molecule has 0 saturated carbocycles. The van der Waals surface area contributed by atoms with Crippen LogP contribution < -0.4 is 10.0 Å². The Balaban J connectivity index is 2.06. The van der Waals surface area contributed by atoms with Crippen LogP contribution >= 0.6 is 0 Å². The van der Waals surface area contributed by atoms with Crippen LogP contribution in [-0.4, -0.2) is 37.9 Å². The Kier molecular flexibility index (Phi) is 5.37. The van der Waals surface area contributed by atoms with Gasteiger partial charge in [0.2, 0.25) is 0 Å². The predicted octanol–water partition coefficient (Wildman–Crippen LogP) is 1.25. The molecule has 2 rings (SSSR count). The van der Waals surface area contributed by atoms with E-state index in [9.17, 15) is 13.5 Å². The molecule has 2 aromatic carbocycles. The highest BCUT2D eigenvalue weighted by Crippen LogP contribution is 2.18. The number of nitrogens with one attached hydrogen (secondary N) is 2. The fraction of sp³-hybridized carbons (Fsp3) is 0.200. The van der Waals surface area contributed by atoms with Gasteiger partial charge in [-0.05, 0) is 36.4 Å². The first-order valence-electron chi connectivity index (χ1n) is 6.72. The normalized spacial score (nSPS) is 12.6. The van der Waals surface area contributed by atoms with Gasteiger partial charge in [0, 0.05) is 17.9 Å². The van der Waals surface area contributed by atoms with Gasteiger partial charge in [-0.1, -0.05) is 18.2 Å². The summed E-state index contributed by atoms with van der Waals surface area (Å²) in [6.45, 7) is -0.147. The van der Waals surface area contributed by atoms with Crippen LogP contribution in [0.5, 0.6) is 0 Å². The predicted molar refractivity (Wildman–Crippen MR) is 85.3 cm³/mol. The maximum atomic E-state index is 12.2. The highest BCUT2D eigenvalue weighted by Gasteiger charge is 2.13. The van der Waals surface area contributed by atoms with Crippen LogP contribution in [0.4, 0.5) is 11.4 Å². The molecule has 118 valence electrons. The van der Waals surface area contributed by atoms with E-state index in [1.54, 1.807) is 42.5 Å². The molecular formula is C15H18N2O4S. The Hall–Kier alpha value is -2.09. The average molecular weight is 322 g/mol. The van der Waals surface area contributed by atoms with Gasteiger partial charge in [0.1, 0.15) is 0 Å². The summed E-state index contributed by atoms with van der Waals surface area (Å²) in [5, 5.41) is 20.9. The van der Waals surface area contributed by atoms with Crippen molar-refractivity contribution in [3.8, 4) is 0 Å². The Morgan fingerprint density at radius 2 is 1.59 bits per heavy atom. The maximum Gasteiger partial charge on any atom is 0.261 e. The molecule has 0 spiro atoms. The van der Waals surface area contributed by atoms with E-state index in [2.05, 4.69) is 10.0 Å². The topological polar surface area (TPSA) is 98.7 Å². The molecule has 7 heteroatoms. The van der Waals surface area contributed by atoms with E-state index in [-0.39, 0.29) is 18.0 Å². The van der Waals surface area contributed by atoms with E-state index in [0.717, 1.165) is 0 Å². The second-order valence-electron chi connectivity index (χ2n) is 4.71. The molecule has 1 atom stereocenters. The maximum absolute atomic E-state index is 12.2. The van der Waals surface area contributed by atoms with Crippen LogP contribution in [0.1, 0.15) is 0 Å². The highest BCUT2D eigenvalue weighted by atomic mass is 32.2. The van der Waals surface area contributed by atoms with Crippen molar-refractivity contribution < 1.29 is 18.6 Å². The van der Waals surface area contributed by atoms with Crippen LogP contribution in [0.25, 0.3) is 0 Å². The van der Waals surface area contributed by atoms with Crippen LogP contribution in [0.15, 0.2) is 59.5 Å². The summed E-state index contributed by atoms with van der Waals surface area (Å²) in [5.74, 6) is 0. The molecule has 0 fully saturated rings. The van der Waals surface area contributed by atoms with Crippen molar-refractivity contribution in [1.29, 1.82) is 0 Å². The van der Waals surface area contributed by atoms with Crippen molar-refractivity contribution in [2.75, 3.05) is 23.2 Å². The summed E-state index contributed by atoms with van der Waals surface area (Å²) < 4.78 is 26.9. The van der Waals surface area contributed by atoms with Gasteiger partial charge in [0.25, 0.3) is 10.0 Å². The molecule has 0 amide bonds. The molecule has 0 radical (unpaired) electrons. The van der Waals surface area contributed by atoms with Gasteiger partial charge in [-0.25, -0.2) is 8.42 Å². The summed E-state index contributed by atoms with van der Waals surface area (Å²) in [5.41, 5.74) is 1.15. The number of rotatable bonds is 7. The molecule has 0 aromatic heterocycles. The number of hydrogen-bond donors (Lipinski definition) is 4. The van der Waals surface area contributed by atoms with Crippen molar-refractivity contribution in [3.63, 3.8) is 0 Å². The quantitative estimate of drug-likeness (QED) is 0.615. The Morgan fingerprint density at radius 3 is 2.18 bits per heavy atom. The minimum Gasteiger partial charge on any atom is -0.394 e. The number of para-hydroxylation sites is 1. The first kappa shape index (κ1) is 16.3. The summed E-state index contributed by atoms with van der Waals surface area (Å²) in [7, 11) is -3.63. The third-order valence-corrected chi connectivity index (χ3v) is 4.34. The molecule has 0 aliphatic carbocycles. The lowest BCUT2D eigenvalue weighted by Gasteiger charge is -2.11. The largest absolute Gasteiger partial charge is 0.394 e. The lowest BCUT2D eigenvalue weighted by molar-refractivity contribution is 0.105. The lowest BCUT2D eigenvalue weighted by Crippen LogP contribution is -2.22. The molecule has 2 aromatic rings. The second-order valence-corrected chi connectivity index (χ2v) is 6.40. The fourth-order valence-electron chi connectivity index (χ4n) is 1.77. The summed E-state index contributed by atoms with van der Waals surface area (Å²) in [6, 6.07) is 14.8. The molecule has 0 aliphatic heterocycles. The minimum atomic E-state index is -3.63. The standard InChI is InChI=1S/C15H18N2O4S/c18-11-14(19)10-16-12-6-8-15(9-7-12)22(20,21)17-13-4-2-1-3-5-13/h1-9,14,16-19H,10-11H2. The number of sulfonamides is 1. The number of aliphatic hydroxyl groups excluding tert-OH is 2. The zero-order valence-electron chi connectivity index (χ0n) is 11.8. The minimum absolute atomic E-state index is 0.143. The van der Waals surface area contributed by atoms with E-state index < -0.39 is 16.1 Å². The zero-order valence-corrected chi connectivity index (χ0v) is 12.6. The first-order valence-corrected chi connectivity index (χ1v) is 8.20. The smallest absolute Gasteiger partial charge is 0.261 e. The Labute approximate surface area is 129 Å². The van der Waals surface area contributed by atoms with Crippen molar-refractivity contribution in [3.05, 3.63) is 54.6 Å². The SMILES string of the molecule is O=S(=O)(Nc1ccccc1)c1ccc(NCC(O)CO)cc1. The zero-order chi connectivity index (χ0) is 16.0. The van der Waals surface area contributed by atoms with E-state index in [1.165, 1.54) is 12.1 Å². The van der Waals surface area contributed by atoms with Crippen molar-refractivity contribution in [2.45, 2.75) is 11.0 Å². The van der Waals surface area contributed by atoms with E-state index >= 15 is 0 Å². The number of anilines is 2. The number of benzene rings is 2. The van der Waals surface area contributed by atoms with Gasteiger partial charge in [0.15, 0.2) is 0 Å². The lowest BCUT2D eigenvalue weighted by atomic mass is 10.3. The third kappa shape index (κ3) is 4.45. The van der Waals surface area contributed by atoms with Gasteiger partial charge in [-0.15, -0.1) is 0 Å². The fourth-order valence-corrected chi connectivity index (χ4v) is 2.83. The van der Waals surface area contributed by atoms with Gasteiger partial charge >= 0.3 is 0 Å². The molecule has 0 saturated heterocycles. The molecule has 1 unspecified atom stereocenters. The summed E-state index contributed by atoms with van der Waals surface area (Å²) in [4.78, 5) is 0.143. The Morgan fingerprint density at radius 1 is 0.955 bits per heavy atom. The monoisotopic (exact) mass is 322 g/mol. The van der Waals surface area contributed by atoms with Crippen molar-refractivity contribution in [1.82, 2.24) is 0 Å².